The molecule has 0 aromatic heterocycles. The standard InChI is InChI=1S/C11H9FN2O4S/c12-6-1-2-8-7(5-6)11(3-4-19(8,17)18)9(15)13-10(16)14-11/h1-2,5H,3-4H2,(H2,13,14,15,16). The topological polar surface area (TPSA) is 92.3 Å². The Morgan fingerprint density at radius 1 is 1.26 bits per heavy atom. The molecule has 1 spiro atoms. The molecule has 1 aromatic rings. The molecule has 0 saturated carbocycles. The number of imide groups is 1. The SMILES string of the molecule is O=C1NC(=O)C2(CCS(=O)(=O)c3ccc(F)cc32)N1. The van der Waals surface area contributed by atoms with Crippen LogP contribution in [-0.4, -0.2) is 26.1 Å². The zero-order chi connectivity index (χ0) is 13.8. The Hall–Kier alpha value is -1.96. The summed E-state index contributed by atoms with van der Waals surface area (Å²) in [7, 11) is -3.56. The smallest absolute Gasteiger partial charge is 0.319 e. The number of urea groups is 1. The van der Waals surface area contributed by atoms with E-state index in [-0.39, 0.29) is 22.6 Å². The highest BCUT2D eigenvalue weighted by Gasteiger charge is 2.53. The summed E-state index contributed by atoms with van der Waals surface area (Å²) in [6.45, 7) is 0. The molecule has 3 amide bonds. The van der Waals surface area contributed by atoms with Crippen molar-refractivity contribution >= 4 is 21.8 Å². The van der Waals surface area contributed by atoms with Gasteiger partial charge in [-0.05, 0) is 24.6 Å². The third-order valence-electron chi connectivity index (χ3n) is 3.42. The van der Waals surface area contributed by atoms with Gasteiger partial charge in [0.05, 0.1) is 10.6 Å². The molecule has 0 aliphatic carbocycles. The Kier molecular flexibility index (Phi) is 2.25. The molecule has 1 atom stereocenters. The summed E-state index contributed by atoms with van der Waals surface area (Å²) in [5, 5.41) is 4.47. The van der Waals surface area contributed by atoms with Crippen molar-refractivity contribution in [2.24, 2.45) is 0 Å². The van der Waals surface area contributed by atoms with Crippen molar-refractivity contribution in [3.05, 3.63) is 29.6 Å². The molecule has 3 rings (SSSR count). The number of benzene rings is 1. The van der Waals surface area contributed by atoms with Crippen LogP contribution in [0.1, 0.15) is 12.0 Å². The number of fused-ring (bicyclic) bond motifs is 2. The number of halogens is 1. The fourth-order valence-electron chi connectivity index (χ4n) is 2.50. The first-order chi connectivity index (χ1) is 8.85. The van der Waals surface area contributed by atoms with Crippen LogP contribution in [0.3, 0.4) is 0 Å². The maximum atomic E-state index is 13.4. The van der Waals surface area contributed by atoms with Gasteiger partial charge in [0, 0.05) is 5.56 Å². The van der Waals surface area contributed by atoms with Gasteiger partial charge in [-0.1, -0.05) is 0 Å². The minimum atomic E-state index is -3.56. The van der Waals surface area contributed by atoms with E-state index >= 15 is 0 Å². The lowest BCUT2D eigenvalue weighted by Gasteiger charge is -2.32. The summed E-state index contributed by atoms with van der Waals surface area (Å²) in [5.41, 5.74) is -1.50. The predicted molar refractivity (Wildman–Crippen MR) is 61.4 cm³/mol. The highest BCUT2D eigenvalue weighted by atomic mass is 32.2. The van der Waals surface area contributed by atoms with E-state index in [1.165, 1.54) is 0 Å². The van der Waals surface area contributed by atoms with Crippen molar-refractivity contribution in [2.45, 2.75) is 16.9 Å². The summed E-state index contributed by atoms with van der Waals surface area (Å²) >= 11 is 0. The van der Waals surface area contributed by atoms with Gasteiger partial charge < -0.3 is 5.32 Å². The molecule has 1 fully saturated rings. The van der Waals surface area contributed by atoms with E-state index < -0.39 is 33.1 Å². The molecule has 1 unspecified atom stereocenters. The van der Waals surface area contributed by atoms with Crippen molar-refractivity contribution in [3.63, 3.8) is 0 Å². The number of hydrogen-bond acceptors (Lipinski definition) is 4. The molecule has 0 bridgehead atoms. The molecular formula is C11H9FN2O4S. The van der Waals surface area contributed by atoms with E-state index in [0.29, 0.717) is 0 Å². The molecule has 2 aliphatic rings. The summed E-state index contributed by atoms with van der Waals surface area (Å²) in [5.74, 6) is -1.59. The lowest BCUT2D eigenvalue weighted by atomic mass is 9.87. The van der Waals surface area contributed by atoms with Gasteiger partial charge in [0.1, 0.15) is 11.4 Å². The average Bonchev–Trinajstić information content (AvgIpc) is 2.61. The second-order valence-electron chi connectivity index (χ2n) is 4.52. The molecule has 2 aliphatic heterocycles. The Bertz CT molecular complexity index is 715. The lowest BCUT2D eigenvalue weighted by Crippen LogP contribution is -2.48. The number of hydrogen-bond donors (Lipinski definition) is 2. The summed E-state index contributed by atoms with van der Waals surface area (Å²) in [6.07, 6.45) is -0.108. The summed E-state index contributed by atoms with van der Waals surface area (Å²) in [6, 6.07) is 2.42. The van der Waals surface area contributed by atoms with Gasteiger partial charge in [-0.2, -0.15) is 0 Å². The molecule has 2 N–H and O–H groups in total. The molecule has 2 heterocycles. The second kappa shape index (κ2) is 3.53. The van der Waals surface area contributed by atoms with E-state index in [4.69, 9.17) is 0 Å². The van der Waals surface area contributed by atoms with Gasteiger partial charge in [0.2, 0.25) is 0 Å². The van der Waals surface area contributed by atoms with Crippen LogP contribution >= 0.6 is 0 Å². The normalized spacial score (nSPS) is 27.8. The largest absolute Gasteiger partial charge is 0.322 e. The van der Waals surface area contributed by atoms with Crippen molar-refractivity contribution in [3.8, 4) is 0 Å². The molecule has 1 saturated heterocycles. The first-order valence-electron chi connectivity index (χ1n) is 5.51. The quantitative estimate of drug-likeness (QED) is 0.519. The van der Waals surface area contributed by atoms with Gasteiger partial charge in [-0.15, -0.1) is 0 Å². The zero-order valence-electron chi connectivity index (χ0n) is 9.57. The van der Waals surface area contributed by atoms with Crippen LogP contribution in [0.2, 0.25) is 0 Å². The van der Waals surface area contributed by atoms with Gasteiger partial charge in [-0.25, -0.2) is 17.6 Å². The molecule has 8 heteroatoms. The Labute approximate surface area is 107 Å². The van der Waals surface area contributed by atoms with Crippen molar-refractivity contribution in [1.29, 1.82) is 0 Å². The first-order valence-corrected chi connectivity index (χ1v) is 7.17. The average molecular weight is 284 g/mol. The monoisotopic (exact) mass is 284 g/mol. The van der Waals surface area contributed by atoms with Crippen LogP contribution in [0.5, 0.6) is 0 Å². The zero-order valence-corrected chi connectivity index (χ0v) is 10.4. The summed E-state index contributed by atoms with van der Waals surface area (Å²) < 4.78 is 37.3. The molecule has 1 aromatic carbocycles. The lowest BCUT2D eigenvalue weighted by molar-refractivity contribution is -0.124. The molecule has 100 valence electrons. The van der Waals surface area contributed by atoms with Crippen LogP contribution in [0, 0.1) is 5.82 Å². The second-order valence-corrected chi connectivity index (χ2v) is 6.60. The van der Waals surface area contributed by atoms with Crippen LogP contribution in [0.25, 0.3) is 0 Å². The number of amides is 3. The fourth-order valence-corrected chi connectivity index (χ4v) is 4.13. The predicted octanol–water partition coefficient (Wildman–Crippen LogP) is 0.0378. The maximum absolute atomic E-state index is 13.4. The Morgan fingerprint density at radius 2 is 2.00 bits per heavy atom. The summed E-state index contributed by atoms with van der Waals surface area (Å²) in [4.78, 5) is 23.1. The minimum Gasteiger partial charge on any atom is -0.319 e. The maximum Gasteiger partial charge on any atom is 0.322 e. The van der Waals surface area contributed by atoms with Crippen molar-refractivity contribution in [1.82, 2.24) is 10.6 Å². The molecule has 6 nitrogen and oxygen atoms in total. The Morgan fingerprint density at radius 3 is 2.63 bits per heavy atom. The third kappa shape index (κ3) is 1.56. The van der Waals surface area contributed by atoms with Crippen LogP contribution in [-0.2, 0) is 20.2 Å². The van der Waals surface area contributed by atoms with E-state index in [0.717, 1.165) is 18.2 Å². The third-order valence-corrected chi connectivity index (χ3v) is 5.19. The number of carbonyl (C=O) groups is 2. The molecular weight excluding hydrogens is 275 g/mol. The van der Waals surface area contributed by atoms with Crippen LogP contribution in [0.15, 0.2) is 23.1 Å². The van der Waals surface area contributed by atoms with E-state index in [1.54, 1.807) is 0 Å². The van der Waals surface area contributed by atoms with E-state index in [9.17, 15) is 22.4 Å². The van der Waals surface area contributed by atoms with Gasteiger partial charge in [0.15, 0.2) is 9.84 Å². The Balaban J connectivity index is 2.31. The highest BCUT2D eigenvalue weighted by Crippen LogP contribution is 2.39. The number of nitrogens with one attached hydrogen (secondary N) is 2. The number of sulfone groups is 1. The van der Waals surface area contributed by atoms with Gasteiger partial charge >= 0.3 is 6.03 Å². The molecule has 19 heavy (non-hydrogen) atoms. The first kappa shape index (κ1) is 12.1. The number of rotatable bonds is 0. The number of carbonyl (C=O) groups excluding carboxylic acids is 2. The van der Waals surface area contributed by atoms with E-state index in [1.807, 2.05) is 0 Å². The minimum absolute atomic E-state index is 0.0119. The fraction of sp³-hybridized carbons (Fsp3) is 0.273. The van der Waals surface area contributed by atoms with Gasteiger partial charge in [-0.3, -0.25) is 10.1 Å². The van der Waals surface area contributed by atoms with Crippen molar-refractivity contribution < 1.29 is 22.4 Å². The van der Waals surface area contributed by atoms with Crippen LogP contribution < -0.4 is 10.6 Å². The van der Waals surface area contributed by atoms with Gasteiger partial charge in [0.25, 0.3) is 5.91 Å². The van der Waals surface area contributed by atoms with Crippen LogP contribution in [0.4, 0.5) is 9.18 Å². The van der Waals surface area contributed by atoms with Crippen molar-refractivity contribution in [2.75, 3.05) is 5.75 Å². The highest BCUT2D eigenvalue weighted by molar-refractivity contribution is 7.91. The van der Waals surface area contributed by atoms with E-state index in [2.05, 4.69) is 10.6 Å². The molecule has 0 radical (unpaired) electrons.